The van der Waals surface area contributed by atoms with Crippen molar-refractivity contribution >= 4 is 33.1 Å². The summed E-state index contributed by atoms with van der Waals surface area (Å²) >= 11 is 1.22. The third-order valence-corrected chi connectivity index (χ3v) is 7.27. The maximum Gasteiger partial charge on any atom is 0.350 e. The molecule has 144 valence electrons. The van der Waals surface area contributed by atoms with E-state index in [2.05, 4.69) is 4.98 Å². The molecule has 0 spiro atoms. The van der Waals surface area contributed by atoms with Crippen LogP contribution in [0.2, 0.25) is 0 Å². The van der Waals surface area contributed by atoms with E-state index in [0.717, 1.165) is 17.8 Å². The number of thiazole rings is 1. The van der Waals surface area contributed by atoms with Crippen LogP contribution in [-0.2, 0) is 14.8 Å². The Bertz CT molecular complexity index is 958. The first-order valence-electron chi connectivity index (χ1n) is 8.53. The number of ether oxygens (including phenoxy) is 1. The van der Waals surface area contributed by atoms with Gasteiger partial charge in [-0.1, -0.05) is 0 Å². The Morgan fingerprint density at radius 3 is 2.33 bits per heavy atom. The van der Waals surface area contributed by atoms with Gasteiger partial charge in [0, 0.05) is 18.7 Å². The third-order valence-electron chi connectivity index (χ3n) is 4.30. The number of Topliss-reactive ketones (excluding diaryl/α,β-unsaturated/α-hetero) is 1. The van der Waals surface area contributed by atoms with Crippen LogP contribution in [0, 0.1) is 13.8 Å². The highest BCUT2D eigenvalue weighted by Crippen LogP contribution is 2.21. The minimum absolute atomic E-state index is 0.161. The molecule has 0 saturated carbocycles. The summed E-state index contributed by atoms with van der Waals surface area (Å²) in [6, 6.07) is 5.72. The summed E-state index contributed by atoms with van der Waals surface area (Å²) in [7, 11) is -3.51. The fourth-order valence-electron chi connectivity index (χ4n) is 2.89. The van der Waals surface area contributed by atoms with Crippen LogP contribution in [0.4, 0.5) is 0 Å². The molecular weight excluding hydrogens is 388 g/mol. The van der Waals surface area contributed by atoms with Crippen LogP contribution in [-0.4, -0.2) is 49.2 Å². The molecule has 1 aromatic carbocycles. The van der Waals surface area contributed by atoms with E-state index in [-0.39, 0.29) is 4.90 Å². The van der Waals surface area contributed by atoms with Crippen molar-refractivity contribution in [3.8, 4) is 0 Å². The first-order chi connectivity index (χ1) is 12.8. The number of ketones is 1. The van der Waals surface area contributed by atoms with E-state index >= 15 is 0 Å². The van der Waals surface area contributed by atoms with Gasteiger partial charge in [0.1, 0.15) is 4.88 Å². The van der Waals surface area contributed by atoms with E-state index in [4.69, 9.17) is 4.74 Å². The minimum Gasteiger partial charge on any atom is -0.453 e. The van der Waals surface area contributed by atoms with Gasteiger partial charge in [0.05, 0.1) is 15.6 Å². The predicted molar refractivity (Wildman–Crippen MR) is 101 cm³/mol. The standard InChI is InChI=1S/C18H20N2O5S2/c1-12-17(26-13(2)19-12)18(22)25-11-16(21)14-5-7-15(8-6-14)27(23,24)20-9-3-4-10-20/h5-8H,3-4,9-11H2,1-2H3. The zero-order valence-electron chi connectivity index (χ0n) is 15.1. The number of hydrogen-bond acceptors (Lipinski definition) is 7. The van der Waals surface area contributed by atoms with Crippen LogP contribution in [0.5, 0.6) is 0 Å². The first-order valence-corrected chi connectivity index (χ1v) is 10.8. The summed E-state index contributed by atoms with van der Waals surface area (Å²) in [5.41, 5.74) is 0.867. The van der Waals surface area contributed by atoms with E-state index in [0.29, 0.717) is 29.2 Å². The quantitative estimate of drug-likeness (QED) is 0.539. The number of carbonyl (C=O) groups is 2. The highest BCUT2D eigenvalue weighted by atomic mass is 32.2. The molecule has 2 heterocycles. The Morgan fingerprint density at radius 1 is 1.15 bits per heavy atom. The van der Waals surface area contributed by atoms with Gasteiger partial charge in [-0.15, -0.1) is 11.3 Å². The van der Waals surface area contributed by atoms with Crippen molar-refractivity contribution in [3.63, 3.8) is 0 Å². The van der Waals surface area contributed by atoms with Crippen LogP contribution in [0.25, 0.3) is 0 Å². The molecule has 1 aliphatic rings. The molecule has 1 fully saturated rings. The number of aromatic nitrogens is 1. The van der Waals surface area contributed by atoms with Gasteiger partial charge in [0.15, 0.2) is 12.4 Å². The lowest BCUT2D eigenvalue weighted by molar-refractivity contribution is 0.0478. The molecule has 1 saturated heterocycles. The summed E-state index contributed by atoms with van der Waals surface area (Å²) in [4.78, 5) is 29.0. The van der Waals surface area contributed by atoms with Gasteiger partial charge in [-0.25, -0.2) is 18.2 Å². The minimum atomic E-state index is -3.51. The number of nitrogens with zero attached hydrogens (tertiary/aromatic N) is 2. The number of benzene rings is 1. The monoisotopic (exact) mass is 408 g/mol. The third kappa shape index (κ3) is 4.26. The van der Waals surface area contributed by atoms with E-state index in [9.17, 15) is 18.0 Å². The van der Waals surface area contributed by atoms with Crippen LogP contribution in [0.3, 0.4) is 0 Å². The van der Waals surface area contributed by atoms with Crippen LogP contribution in [0.1, 0.15) is 43.6 Å². The molecule has 0 amide bonds. The largest absolute Gasteiger partial charge is 0.453 e. The Labute approximate surface area is 162 Å². The Kier molecular flexibility index (Phi) is 5.73. The van der Waals surface area contributed by atoms with E-state index in [1.54, 1.807) is 13.8 Å². The maximum atomic E-state index is 12.5. The maximum absolute atomic E-state index is 12.5. The fourth-order valence-corrected chi connectivity index (χ4v) is 5.22. The molecule has 0 bridgehead atoms. The van der Waals surface area contributed by atoms with Gasteiger partial charge in [0.25, 0.3) is 0 Å². The number of hydrogen-bond donors (Lipinski definition) is 0. The smallest absolute Gasteiger partial charge is 0.350 e. The molecule has 1 aromatic heterocycles. The SMILES string of the molecule is Cc1nc(C)c(C(=O)OCC(=O)c2ccc(S(=O)(=O)N3CCCC3)cc2)s1. The van der Waals surface area contributed by atoms with Crippen LogP contribution < -0.4 is 0 Å². The summed E-state index contributed by atoms with van der Waals surface area (Å²) in [5.74, 6) is -0.980. The van der Waals surface area contributed by atoms with Gasteiger partial charge in [0.2, 0.25) is 10.0 Å². The summed E-state index contributed by atoms with van der Waals surface area (Å²) in [6.07, 6.45) is 1.72. The lowest BCUT2D eigenvalue weighted by Crippen LogP contribution is -2.27. The van der Waals surface area contributed by atoms with Gasteiger partial charge < -0.3 is 4.74 Å². The molecule has 2 aromatic rings. The molecule has 0 atom stereocenters. The Hall–Kier alpha value is -2.10. The number of aryl methyl sites for hydroxylation is 2. The number of rotatable bonds is 6. The van der Waals surface area contributed by atoms with Gasteiger partial charge >= 0.3 is 5.97 Å². The number of carbonyl (C=O) groups excluding carboxylic acids is 2. The van der Waals surface area contributed by atoms with Gasteiger partial charge in [-0.3, -0.25) is 4.79 Å². The van der Waals surface area contributed by atoms with Crippen molar-refractivity contribution in [2.24, 2.45) is 0 Å². The molecular formula is C18H20N2O5S2. The lowest BCUT2D eigenvalue weighted by atomic mass is 10.1. The fraction of sp³-hybridized carbons (Fsp3) is 0.389. The second-order valence-corrected chi connectivity index (χ2v) is 9.42. The molecule has 7 nitrogen and oxygen atoms in total. The van der Waals surface area contributed by atoms with Crippen molar-refractivity contribution in [2.75, 3.05) is 19.7 Å². The molecule has 0 radical (unpaired) electrons. The van der Waals surface area contributed by atoms with Crippen molar-refractivity contribution in [1.29, 1.82) is 0 Å². The number of sulfonamides is 1. The first kappa shape index (κ1) is 19.7. The molecule has 0 N–H and O–H groups in total. The second kappa shape index (κ2) is 7.87. The molecule has 0 aliphatic carbocycles. The zero-order chi connectivity index (χ0) is 19.6. The molecule has 0 unspecified atom stereocenters. The van der Waals surface area contributed by atoms with Crippen molar-refractivity contribution in [2.45, 2.75) is 31.6 Å². The van der Waals surface area contributed by atoms with Crippen LogP contribution >= 0.6 is 11.3 Å². The van der Waals surface area contributed by atoms with E-state index < -0.39 is 28.4 Å². The van der Waals surface area contributed by atoms with Crippen molar-refractivity contribution in [1.82, 2.24) is 9.29 Å². The molecule has 27 heavy (non-hydrogen) atoms. The zero-order valence-corrected chi connectivity index (χ0v) is 16.7. The van der Waals surface area contributed by atoms with E-state index in [1.807, 2.05) is 0 Å². The molecule has 9 heteroatoms. The average Bonchev–Trinajstić information content (AvgIpc) is 3.29. The van der Waals surface area contributed by atoms with Gasteiger partial charge in [-0.05, 0) is 51.0 Å². The second-order valence-electron chi connectivity index (χ2n) is 6.28. The van der Waals surface area contributed by atoms with Crippen molar-refractivity contribution < 1.29 is 22.7 Å². The van der Waals surface area contributed by atoms with Crippen LogP contribution in [0.15, 0.2) is 29.2 Å². The summed E-state index contributed by atoms with van der Waals surface area (Å²) in [6.45, 7) is 4.14. The predicted octanol–water partition coefficient (Wildman–Crippen LogP) is 2.58. The molecule has 3 rings (SSSR count). The highest BCUT2D eigenvalue weighted by molar-refractivity contribution is 7.89. The topological polar surface area (TPSA) is 93.6 Å². The molecule has 1 aliphatic heterocycles. The normalized spacial score (nSPS) is 15.0. The summed E-state index contributed by atoms with van der Waals surface area (Å²) < 4.78 is 31.5. The van der Waals surface area contributed by atoms with E-state index in [1.165, 1.54) is 39.9 Å². The number of esters is 1. The van der Waals surface area contributed by atoms with Gasteiger partial charge in [-0.2, -0.15) is 4.31 Å². The Balaban J connectivity index is 1.64. The lowest BCUT2D eigenvalue weighted by Gasteiger charge is -2.15. The highest BCUT2D eigenvalue weighted by Gasteiger charge is 2.27. The Morgan fingerprint density at radius 2 is 1.78 bits per heavy atom. The van der Waals surface area contributed by atoms with Crippen molar-refractivity contribution in [3.05, 3.63) is 45.4 Å². The summed E-state index contributed by atoms with van der Waals surface area (Å²) in [5, 5.41) is 0.751. The average molecular weight is 409 g/mol.